The maximum absolute atomic E-state index is 2.36. The van der Waals surface area contributed by atoms with Crippen molar-refractivity contribution in [3.8, 4) is 0 Å². The lowest BCUT2D eigenvalue weighted by atomic mass is 9.95. The predicted octanol–water partition coefficient (Wildman–Crippen LogP) is 3.52. The van der Waals surface area contributed by atoms with Crippen molar-refractivity contribution >= 4 is 12.2 Å². The van der Waals surface area contributed by atoms with E-state index in [2.05, 4.69) is 38.1 Å². The van der Waals surface area contributed by atoms with Crippen LogP contribution < -0.4 is 0 Å². The number of benzene rings is 1. The summed E-state index contributed by atoms with van der Waals surface area (Å²) in [7, 11) is 0. The van der Waals surface area contributed by atoms with E-state index in [0.717, 1.165) is 12.8 Å². The lowest BCUT2D eigenvalue weighted by Gasteiger charge is -2.09. The second-order valence-corrected chi connectivity index (χ2v) is 4.43. The maximum atomic E-state index is 2.36. The molecule has 70 valence electrons. The Labute approximate surface area is 85.0 Å². The summed E-state index contributed by atoms with van der Waals surface area (Å²) in [6.07, 6.45) is 9.19. The summed E-state index contributed by atoms with van der Waals surface area (Å²) >= 11 is 0. The Balaban J connectivity index is 2.31. The third kappa shape index (κ3) is 0.942. The number of hydrogen-bond donors (Lipinski definition) is 0. The molecular weight excluding hydrogens is 168 g/mol. The topological polar surface area (TPSA) is 0 Å². The van der Waals surface area contributed by atoms with Crippen molar-refractivity contribution < 1.29 is 0 Å². The summed E-state index contributed by atoms with van der Waals surface area (Å²) in [5.41, 5.74) is 9.00. The van der Waals surface area contributed by atoms with E-state index in [1.54, 1.807) is 5.56 Å². The summed E-state index contributed by atoms with van der Waals surface area (Å²) in [4.78, 5) is 0. The van der Waals surface area contributed by atoms with Gasteiger partial charge in [-0.3, -0.25) is 0 Å². The third-order valence-corrected chi connectivity index (χ3v) is 3.28. The molecule has 0 atom stereocenters. The van der Waals surface area contributed by atoms with Gasteiger partial charge in [0, 0.05) is 0 Å². The summed E-state index contributed by atoms with van der Waals surface area (Å²) < 4.78 is 0. The first-order chi connectivity index (χ1) is 6.75. The molecule has 0 aliphatic heterocycles. The Morgan fingerprint density at radius 3 is 2.86 bits per heavy atom. The molecule has 0 heterocycles. The number of hydrogen-bond acceptors (Lipinski definition) is 0. The van der Waals surface area contributed by atoms with Crippen molar-refractivity contribution in [2.75, 3.05) is 0 Å². The van der Waals surface area contributed by atoms with Crippen molar-refractivity contribution in [2.45, 2.75) is 26.7 Å². The molecule has 1 aromatic carbocycles. The van der Waals surface area contributed by atoms with E-state index in [1.807, 2.05) is 0 Å². The van der Waals surface area contributed by atoms with Gasteiger partial charge < -0.3 is 0 Å². The molecule has 0 bridgehead atoms. The molecule has 0 spiro atoms. The molecule has 14 heavy (non-hydrogen) atoms. The maximum Gasteiger partial charge on any atom is -0.00604 e. The number of aryl methyl sites for hydroxylation is 1. The van der Waals surface area contributed by atoms with Crippen LogP contribution in [0.15, 0.2) is 17.7 Å². The first kappa shape index (κ1) is 8.05. The van der Waals surface area contributed by atoms with Crippen LogP contribution in [0, 0.1) is 6.92 Å². The molecule has 0 aromatic heterocycles. The van der Waals surface area contributed by atoms with Gasteiger partial charge in [0.05, 0.1) is 0 Å². The second kappa shape index (κ2) is 2.60. The van der Waals surface area contributed by atoms with Crippen LogP contribution in [0.2, 0.25) is 0 Å². The molecular formula is C14H14. The van der Waals surface area contributed by atoms with E-state index in [-0.39, 0.29) is 0 Å². The minimum atomic E-state index is 1.13. The van der Waals surface area contributed by atoms with Crippen molar-refractivity contribution in [1.82, 2.24) is 0 Å². The van der Waals surface area contributed by atoms with E-state index in [0.29, 0.717) is 0 Å². The van der Waals surface area contributed by atoms with Gasteiger partial charge in [-0.1, -0.05) is 29.9 Å². The smallest absolute Gasteiger partial charge is 0.00604 e. The van der Waals surface area contributed by atoms with E-state index in [1.165, 1.54) is 27.8 Å². The third-order valence-electron chi connectivity index (χ3n) is 3.28. The lowest BCUT2D eigenvalue weighted by molar-refractivity contribution is 1.16. The minimum absolute atomic E-state index is 1.13. The van der Waals surface area contributed by atoms with Gasteiger partial charge in [0.25, 0.3) is 0 Å². The van der Waals surface area contributed by atoms with Gasteiger partial charge in [-0.15, -0.1) is 0 Å². The van der Waals surface area contributed by atoms with E-state index in [4.69, 9.17) is 0 Å². The van der Waals surface area contributed by atoms with Crippen molar-refractivity contribution in [1.29, 1.82) is 0 Å². The average Bonchev–Trinajstić information content (AvgIpc) is 2.69. The molecule has 2 aliphatic rings. The molecule has 3 rings (SSSR count). The van der Waals surface area contributed by atoms with Crippen LogP contribution in [0.1, 0.15) is 34.7 Å². The molecule has 0 fully saturated rings. The van der Waals surface area contributed by atoms with Gasteiger partial charge in [-0.05, 0) is 54.5 Å². The standard InChI is InChI=1S/C14H14/c1-9-6-11-8-10(2)12-4-3-5-13(12)14(11)7-9/h3-4,7-8H,5-6H2,1-2H3. The zero-order valence-electron chi connectivity index (χ0n) is 8.72. The molecule has 0 nitrogen and oxygen atoms in total. The summed E-state index contributed by atoms with van der Waals surface area (Å²) in [6.45, 7) is 4.45. The first-order valence-corrected chi connectivity index (χ1v) is 5.25. The van der Waals surface area contributed by atoms with Crippen LogP contribution >= 0.6 is 0 Å². The van der Waals surface area contributed by atoms with E-state index >= 15 is 0 Å². The summed E-state index contributed by atoms with van der Waals surface area (Å²) in [5.74, 6) is 0. The molecule has 0 amide bonds. The molecule has 0 saturated carbocycles. The fourth-order valence-corrected chi connectivity index (χ4v) is 2.66. The molecule has 0 saturated heterocycles. The van der Waals surface area contributed by atoms with Crippen LogP contribution in [-0.4, -0.2) is 0 Å². The minimum Gasteiger partial charge on any atom is -0.0795 e. The Kier molecular flexibility index (Phi) is 1.49. The fraction of sp³-hybridized carbons (Fsp3) is 0.286. The fourth-order valence-electron chi connectivity index (χ4n) is 2.66. The van der Waals surface area contributed by atoms with Gasteiger partial charge >= 0.3 is 0 Å². The lowest BCUT2D eigenvalue weighted by Crippen LogP contribution is -1.94. The largest absolute Gasteiger partial charge is 0.0795 e. The van der Waals surface area contributed by atoms with Crippen molar-refractivity contribution in [3.05, 3.63) is 45.5 Å². The summed E-state index contributed by atoms with van der Waals surface area (Å²) in [6, 6.07) is 2.36. The van der Waals surface area contributed by atoms with E-state index < -0.39 is 0 Å². The highest BCUT2D eigenvalue weighted by molar-refractivity contribution is 5.76. The van der Waals surface area contributed by atoms with Gasteiger partial charge in [0.15, 0.2) is 0 Å². The van der Waals surface area contributed by atoms with Crippen LogP contribution in [-0.2, 0) is 12.8 Å². The van der Waals surface area contributed by atoms with Gasteiger partial charge in [-0.2, -0.15) is 0 Å². The monoisotopic (exact) mass is 182 g/mol. The average molecular weight is 182 g/mol. The van der Waals surface area contributed by atoms with Crippen LogP contribution in [0.25, 0.3) is 12.2 Å². The predicted molar refractivity (Wildman–Crippen MR) is 61.3 cm³/mol. The van der Waals surface area contributed by atoms with Crippen LogP contribution in [0.3, 0.4) is 0 Å². The van der Waals surface area contributed by atoms with Crippen molar-refractivity contribution in [2.24, 2.45) is 0 Å². The van der Waals surface area contributed by atoms with E-state index in [9.17, 15) is 0 Å². The molecule has 0 heteroatoms. The highest BCUT2D eigenvalue weighted by atomic mass is 14.2. The van der Waals surface area contributed by atoms with Gasteiger partial charge in [0.1, 0.15) is 0 Å². The van der Waals surface area contributed by atoms with Crippen LogP contribution in [0.5, 0.6) is 0 Å². The Morgan fingerprint density at radius 2 is 2.00 bits per heavy atom. The SMILES string of the molecule is CC1=Cc2c(cc(C)c3c2CC=C3)C1. The molecule has 1 aromatic rings. The normalized spacial score (nSPS) is 16.9. The van der Waals surface area contributed by atoms with Gasteiger partial charge in [0.2, 0.25) is 0 Å². The zero-order valence-corrected chi connectivity index (χ0v) is 8.72. The molecule has 0 unspecified atom stereocenters. The highest BCUT2D eigenvalue weighted by Gasteiger charge is 2.19. The van der Waals surface area contributed by atoms with Crippen LogP contribution in [0.4, 0.5) is 0 Å². The zero-order chi connectivity index (χ0) is 9.71. The summed E-state index contributed by atoms with van der Waals surface area (Å²) in [5, 5.41) is 0. The number of fused-ring (bicyclic) bond motifs is 3. The Hall–Kier alpha value is -1.30. The highest BCUT2D eigenvalue weighted by Crippen LogP contribution is 2.35. The number of allylic oxidation sites excluding steroid dienone is 2. The molecule has 0 N–H and O–H groups in total. The van der Waals surface area contributed by atoms with Crippen molar-refractivity contribution in [3.63, 3.8) is 0 Å². The molecule has 2 aliphatic carbocycles. The quantitative estimate of drug-likeness (QED) is 0.576. The Morgan fingerprint density at radius 1 is 1.14 bits per heavy atom. The van der Waals surface area contributed by atoms with Gasteiger partial charge in [-0.25, -0.2) is 0 Å². The first-order valence-electron chi connectivity index (χ1n) is 5.25. The molecule has 0 radical (unpaired) electrons. The number of rotatable bonds is 0. The second-order valence-electron chi connectivity index (χ2n) is 4.43. The Bertz CT molecular complexity index is 473.